The number of halogens is 1. The standard InChI is InChI=1S/C17H24ClN3O2/c1-5-15(23-14-8-6-13(18)7-9-14)17(22,16(2,3)4)10-21-12-19-11-20-21/h6-9,11-12,15,22H,5,10H2,1-4H3. The van der Waals surface area contributed by atoms with Crippen molar-refractivity contribution in [3.05, 3.63) is 41.9 Å². The molecule has 126 valence electrons. The predicted molar refractivity (Wildman–Crippen MR) is 90.6 cm³/mol. The van der Waals surface area contributed by atoms with Crippen LogP contribution in [-0.4, -0.2) is 31.6 Å². The van der Waals surface area contributed by atoms with Gasteiger partial charge < -0.3 is 9.84 Å². The van der Waals surface area contributed by atoms with Crippen LogP contribution >= 0.6 is 11.6 Å². The Bertz CT molecular complexity index is 608. The van der Waals surface area contributed by atoms with E-state index in [2.05, 4.69) is 10.1 Å². The molecule has 0 spiro atoms. The van der Waals surface area contributed by atoms with Gasteiger partial charge in [-0.2, -0.15) is 5.10 Å². The van der Waals surface area contributed by atoms with Gasteiger partial charge in [0.15, 0.2) is 0 Å². The fourth-order valence-electron chi connectivity index (χ4n) is 2.58. The Hall–Kier alpha value is -1.59. The SMILES string of the molecule is CCC(Oc1ccc(Cl)cc1)C(O)(Cn1cncn1)C(C)(C)C. The van der Waals surface area contributed by atoms with Crippen molar-refractivity contribution in [1.29, 1.82) is 0 Å². The molecule has 1 aromatic carbocycles. The van der Waals surface area contributed by atoms with Gasteiger partial charge in [0.2, 0.25) is 0 Å². The molecule has 2 aromatic rings. The third kappa shape index (κ3) is 4.03. The number of benzene rings is 1. The van der Waals surface area contributed by atoms with Gasteiger partial charge in [-0.1, -0.05) is 39.3 Å². The van der Waals surface area contributed by atoms with Gasteiger partial charge in [0.05, 0.1) is 6.54 Å². The number of aliphatic hydroxyl groups is 1. The van der Waals surface area contributed by atoms with Crippen molar-refractivity contribution in [3.63, 3.8) is 0 Å². The molecule has 0 bridgehead atoms. The average Bonchev–Trinajstić information content (AvgIpc) is 2.98. The first-order valence-corrected chi connectivity index (χ1v) is 8.11. The number of rotatable bonds is 6. The zero-order chi connectivity index (χ0) is 17.1. The molecule has 6 heteroatoms. The van der Waals surface area contributed by atoms with Crippen LogP contribution in [-0.2, 0) is 6.54 Å². The van der Waals surface area contributed by atoms with E-state index in [4.69, 9.17) is 16.3 Å². The van der Waals surface area contributed by atoms with Crippen LogP contribution in [0.4, 0.5) is 0 Å². The van der Waals surface area contributed by atoms with E-state index in [1.807, 2.05) is 39.8 Å². The number of hydrogen-bond donors (Lipinski definition) is 1. The topological polar surface area (TPSA) is 60.2 Å². The van der Waals surface area contributed by atoms with Gasteiger partial charge in [-0.3, -0.25) is 0 Å². The van der Waals surface area contributed by atoms with Crippen molar-refractivity contribution in [2.75, 3.05) is 0 Å². The first-order chi connectivity index (χ1) is 10.8. The summed E-state index contributed by atoms with van der Waals surface area (Å²) in [5, 5.41) is 16.2. The van der Waals surface area contributed by atoms with Gasteiger partial charge in [0, 0.05) is 5.02 Å². The Morgan fingerprint density at radius 3 is 2.39 bits per heavy atom. The summed E-state index contributed by atoms with van der Waals surface area (Å²) in [6.45, 7) is 8.30. The van der Waals surface area contributed by atoms with Crippen LogP contribution < -0.4 is 4.74 Å². The van der Waals surface area contributed by atoms with Crippen LogP contribution in [0.2, 0.25) is 5.02 Å². The molecule has 0 radical (unpaired) electrons. The summed E-state index contributed by atoms with van der Waals surface area (Å²) in [7, 11) is 0. The number of ether oxygens (including phenoxy) is 1. The molecule has 2 unspecified atom stereocenters. The minimum atomic E-state index is -1.12. The lowest BCUT2D eigenvalue weighted by Crippen LogP contribution is -2.57. The van der Waals surface area contributed by atoms with Crippen LogP contribution in [0.25, 0.3) is 0 Å². The Kier molecular flexibility index (Phi) is 5.32. The van der Waals surface area contributed by atoms with Crippen molar-refractivity contribution in [3.8, 4) is 5.75 Å². The van der Waals surface area contributed by atoms with E-state index in [0.717, 1.165) is 0 Å². The molecule has 2 atom stereocenters. The molecule has 0 saturated carbocycles. The Labute approximate surface area is 142 Å². The van der Waals surface area contributed by atoms with Gasteiger partial charge in [-0.15, -0.1) is 0 Å². The lowest BCUT2D eigenvalue weighted by atomic mass is 9.72. The molecular formula is C17H24ClN3O2. The highest BCUT2D eigenvalue weighted by atomic mass is 35.5. The molecule has 1 N–H and O–H groups in total. The van der Waals surface area contributed by atoms with Crippen molar-refractivity contribution in [1.82, 2.24) is 14.8 Å². The molecule has 0 amide bonds. The summed E-state index contributed by atoms with van der Waals surface area (Å²) in [6.07, 6.45) is 3.33. The Balaban J connectivity index is 2.29. The highest BCUT2D eigenvalue weighted by molar-refractivity contribution is 6.30. The third-order valence-corrected chi connectivity index (χ3v) is 4.42. The molecule has 1 heterocycles. The minimum absolute atomic E-state index is 0.308. The van der Waals surface area contributed by atoms with Gasteiger partial charge in [0.25, 0.3) is 0 Å². The van der Waals surface area contributed by atoms with Crippen molar-refractivity contribution >= 4 is 11.6 Å². The largest absolute Gasteiger partial charge is 0.487 e. The second kappa shape index (κ2) is 6.89. The van der Waals surface area contributed by atoms with E-state index in [1.54, 1.807) is 23.1 Å². The first-order valence-electron chi connectivity index (χ1n) is 7.73. The Morgan fingerprint density at radius 1 is 1.26 bits per heavy atom. The normalized spacial score (nSPS) is 15.9. The van der Waals surface area contributed by atoms with Gasteiger partial charge >= 0.3 is 0 Å². The van der Waals surface area contributed by atoms with Gasteiger partial charge in [-0.05, 0) is 36.1 Å². The van der Waals surface area contributed by atoms with E-state index < -0.39 is 17.1 Å². The average molecular weight is 338 g/mol. The molecule has 1 aromatic heterocycles. The second-order valence-corrected chi connectivity index (χ2v) is 7.17. The maximum atomic E-state index is 11.5. The van der Waals surface area contributed by atoms with Crippen LogP contribution in [0.5, 0.6) is 5.75 Å². The molecule has 23 heavy (non-hydrogen) atoms. The third-order valence-electron chi connectivity index (χ3n) is 4.16. The molecule has 0 saturated heterocycles. The summed E-state index contributed by atoms with van der Waals surface area (Å²) >= 11 is 5.92. The van der Waals surface area contributed by atoms with E-state index in [1.165, 1.54) is 6.33 Å². The fraction of sp³-hybridized carbons (Fsp3) is 0.529. The van der Waals surface area contributed by atoms with Crippen LogP contribution in [0.1, 0.15) is 34.1 Å². The molecule has 0 aliphatic heterocycles. The first kappa shape index (κ1) is 17.8. The van der Waals surface area contributed by atoms with Crippen LogP contribution in [0.3, 0.4) is 0 Å². The lowest BCUT2D eigenvalue weighted by Gasteiger charge is -2.45. The van der Waals surface area contributed by atoms with E-state index >= 15 is 0 Å². The van der Waals surface area contributed by atoms with Gasteiger partial charge in [-0.25, -0.2) is 9.67 Å². The predicted octanol–water partition coefficient (Wildman–Crippen LogP) is 3.57. The van der Waals surface area contributed by atoms with E-state index in [9.17, 15) is 5.11 Å². The number of nitrogens with zero attached hydrogens (tertiary/aromatic N) is 3. The van der Waals surface area contributed by atoms with E-state index in [-0.39, 0.29) is 0 Å². The second-order valence-electron chi connectivity index (χ2n) is 6.74. The maximum absolute atomic E-state index is 11.5. The quantitative estimate of drug-likeness (QED) is 0.875. The monoisotopic (exact) mass is 337 g/mol. The number of hydrogen-bond acceptors (Lipinski definition) is 4. The Morgan fingerprint density at radius 2 is 1.91 bits per heavy atom. The highest BCUT2D eigenvalue weighted by Gasteiger charge is 2.48. The van der Waals surface area contributed by atoms with Crippen molar-refractivity contribution in [2.45, 2.75) is 52.4 Å². The van der Waals surface area contributed by atoms with E-state index in [0.29, 0.717) is 23.7 Å². The smallest absolute Gasteiger partial charge is 0.137 e. The maximum Gasteiger partial charge on any atom is 0.137 e. The summed E-state index contributed by atoms with van der Waals surface area (Å²) in [4.78, 5) is 3.95. The number of aromatic nitrogens is 3. The van der Waals surface area contributed by atoms with Gasteiger partial charge in [0.1, 0.15) is 30.1 Å². The van der Waals surface area contributed by atoms with Crippen molar-refractivity contribution in [2.24, 2.45) is 5.41 Å². The molecule has 2 rings (SSSR count). The summed E-state index contributed by atoms with van der Waals surface area (Å²) in [5.41, 5.74) is -1.53. The van der Waals surface area contributed by atoms with Crippen molar-refractivity contribution < 1.29 is 9.84 Å². The molecule has 0 aliphatic carbocycles. The fourth-order valence-corrected chi connectivity index (χ4v) is 2.71. The van der Waals surface area contributed by atoms with Crippen LogP contribution in [0, 0.1) is 5.41 Å². The molecule has 5 nitrogen and oxygen atoms in total. The highest BCUT2D eigenvalue weighted by Crippen LogP contribution is 2.38. The minimum Gasteiger partial charge on any atom is -0.487 e. The van der Waals surface area contributed by atoms with Crippen LogP contribution in [0.15, 0.2) is 36.9 Å². The molecular weight excluding hydrogens is 314 g/mol. The lowest BCUT2D eigenvalue weighted by molar-refractivity contribution is -0.144. The zero-order valence-electron chi connectivity index (χ0n) is 14.0. The summed E-state index contributed by atoms with van der Waals surface area (Å²) < 4.78 is 7.73. The summed E-state index contributed by atoms with van der Waals surface area (Å²) in [5.74, 6) is 0.683. The molecule has 0 aliphatic rings. The summed E-state index contributed by atoms with van der Waals surface area (Å²) in [6, 6.07) is 7.17. The molecule has 0 fully saturated rings. The zero-order valence-corrected chi connectivity index (χ0v) is 14.8.